The van der Waals surface area contributed by atoms with Crippen molar-refractivity contribution in [2.24, 2.45) is 17.8 Å². The summed E-state index contributed by atoms with van der Waals surface area (Å²) in [5.74, 6) is 1.56. The molecule has 0 radical (unpaired) electrons. The van der Waals surface area contributed by atoms with Crippen molar-refractivity contribution in [3.8, 4) is 0 Å². The van der Waals surface area contributed by atoms with E-state index < -0.39 is 0 Å². The molecule has 0 fully saturated rings. The van der Waals surface area contributed by atoms with Crippen LogP contribution < -0.4 is 5.32 Å². The molecule has 1 nitrogen and oxygen atoms in total. The molecule has 102 valence electrons. The van der Waals surface area contributed by atoms with Crippen LogP contribution in [-0.2, 0) is 0 Å². The summed E-state index contributed by atoms with van der Waals surface area (Å²) in [6, 6.07) is 5.39. The van der Waals surface area contributed by atoms with Gasteiger partial charge in [-0.2, -0.15) is 0 Å². The molecule has 0 aliphatic rings. The second-order valence-corrected chi connectivity index (χ2v) is 5.83. The molecule has 1 aromatic rings. The summed E-state index contributed by atoms with van der Waals surface area (Å²) in [6.07, 6.45) is 0. The van der Waals surface area contributed by atoms with E-state index in [2.05, 4.69) is 33.0 Å². The quantitative estimate of drug-likeness (QED) is 0.821. The lowest BCUT2D eigenvalue weighted by Gasteiger charge is -2.34. The minimum absolute atomic E-state index is 0.156. The molecule has 0 aliphatic heterocycles. The van der Waals surface area contributed by atoms with Crippen LogP contribution in [0.5, 0.6) is 0 Å². The second-order valence-electron chi connectivity index (χ2n) is 5.83. The first-order valence-electron chi connectivity index (χ1n) is 6.81. The van der Waals surface area contributed by atoms with E-state index in [0.29, 0.717) is 17.8 Å². The van der Waals surface area contributed by atoms with Crippen LogP contribution in [0, 0.1) is 30.5 Å². The van der Waals surface area contributed by atoms with Gasteiger partial charge in [-0.15, -0.1) is 0 Å². The fraction of sp³-hybridized carbons (Fsp3) is 0.625. The third-order valence-electron chi connectivity index (χ3n) is 3.80. The summed E-state index contributed by atoms with van der Waals surface area (Å²) in [4.78, 5) is 0. The van der Waals surface area contributed by atoms with Crippen molar-refractivity contribution in [1.29, 1.82) is 0 Å². The van der Waals surface area contributed by atoms with Crippen molar-refractivity contribution in [3.05, 3.63) is 35.1 Å². The Morgan fingerprint density at radius 3 is 2.00 bits per heavy atom. The van der Waals surface area contributed by atoms with Gasteiger partial charge in [0.15, 0.2) is 0 Å². The molecule has 1 N–H and O–H groups in total. The zero-order valence-corrected chi connectivity index (χ0v) is 12.4. The van der Waals surface area contributed by atoms with Crippen LogP contribution in [0.15, 0.2) is 18.2 Å². The summed E-state index contributed by atoms with van der Waals surface area (Å²) < 4.78 is 13.2. The molecule has 0 amide bonds. The maximum atomic E-state index is 13.2. The molecule has 0 aromatic heterocycles. The largest absolute Gasteiger partial charge is 0.313 e. The summed E-state index contributed by atoms with van der Waals surface area (Å²) in [5.41, 5.74) is 2.24. The molecule has 1 rings (SSSR count). The smallest absolute Gasteiger partial charge is 0.123 e. The SMILES string of the molecule is CNC(c1ccc(F)cc1C)C(C(C)C)C(C)C. The van der Waals surface area contributed by atoms with E-state index in [1.165, 1.54) is 5.56 Å². The van der Waals surface area contributed by atoms with Crippen LogP contribution in [0.1, 0.15) is 44.9 Å². The van der Waals surface area contributed by atoms with E-state index in [1.807, 2.05) is 20.0 Å². The highest BCUT2D eigenvalue weighted by atomic mass is 19.1. The van der Waals surface area contributed by atoms with Gasteiger partial charge in [0.1, 0.15) is 5.82 Å². The molecule has 0 heterocycles. The lowest BCUT2D eigenvalue weighted by Crippen LogP contribution is -2.32. The summed E-state index contributed by atoms with van der Waals surface area (Å²) >= 11 is 0. The average Bonchev–Trinajstić information content (AvgIpc) is 2.25. The Morgan fingerprint density at radius 1 is 1.06 bits per heavy atom. The highest BCUT2D eigenvalue weighted by Gasteiger charge is 2.28. The maximum Gasteiger partial charge on any atom is 0.123 e. The van der Waals surface area contributed by atoms with Crippen LogP contribution in [0.4, 0.5) is 4.39 Å². The van der Waals surface area contributed by atoms with Crippen LogP contribution in [0.2, 0.25) is 0 Å². The van der Waals surface area contributed by atoms with Gasteiger partial charge in [0.05, 0.1) is 0 Å². The zero-order chi connectivity index (χ0) is 13.9. The monoisotopic (exact) mass is 251 g/mol. The van der Waals surface area contributed by atoms with Gasteiger partial charge >= 0.3 is 0 Å². The molecular formula is C16H26FN. The van der Waals surface area contributed by atoms with Crippen molar-refractivity contribution in [1.82, 2.24) is 5.32 Å². The third kappa shape index (κ3) is 3.32. The Kier molecular flexibility index (Phi) is 5.33. The first kappa shape index (κ1) is 15.2. The van der Waals surface area contributed by atoms with Crippen molar-refractivity contribution in [2.45, 2.75) is 40.7 Å². The number of benzene rings is 1. The molecular weight excluding hydrogens is 225 g/mol. The van der Waals surface area contributed by atoms with E-state index >= 15 is 0 Å². The van der Waals surface area contributed by atoms with Crippen molar-refractivity contribution >= 4 is 0 Å². The molecule has 2 heteroatoms. The van der Waals surface area contributed by atoms with Crippen molar-refractivity contribution in [2.75, 3.05) is 7.05 Å². The number of halogens is 1. The van der Waals surface area contributed by atoms with E-state index in [-0.39, 0.29) is 11.9 Å². The number of hydrogen-bond donors (Lipinski definition) is 1. The predicted molar refractivity (Wildman–Crippen MR) is 76.1 cm³/mol. The van der Waals surface area contributed by atoms with Crippen LogP contribution in [0.25, 0.3) is 0 Å². The molecule has 0 saturated heterocycles. The Labute approximate surface area is 111 Å². The van der Waals surface area contributed by atoms with Crippen molar-refractivity contribution in [3.63, 3.8) is 0 Å². The first-order chi connectivity index (χ1) is 8.38. The lowest BCUT2D eigenvalue weighted by molar-refractivity contribution is 0.216. The fourth-order valence-corrected chi connectivity index (χ4v) is 3.08. The highest BCUT2D eigenvalue weighted by molar-refractivity contribution is 5.30. The van der Waals surface area contributed by atoms with Crippen LogP contribution >= 0.6 is 0 Å². The normalized spacial score (nSPS) is 13.7. The molecule has 0 bridgehead atoms. The maximum absolute atomic E-state index is 13.2. The summed E-state index contributed by atoms with van der Waals surface area (Å²) in [5, 5.41) is 3.42. The Balaban J connectivity index is 3.15. The molecule has 1 aromatic carbocycles. The minimum Gasteiger partial charge on any atom is -0.313 e. The summed E-state index contributed by atoms with van der Waals surface area (Å²) in [6.45, 7) is 11.0. The standard InChI is InChI=1S/C16H26FN/c1-10(2)15(11(3)4)16(18-6)14-8-7-13(17)9-12(14)5/h7-11,15-16,18H,1-6H3. The van der Waals surface area contributed by atoms with Crippen LogP contribution in [-0.4, -0.2) is 7.05 Å². The van der Waals surface area contributed by atoms with Gasteiger partial charge in [-0.3, -0.25) is 0 Å². The fourth-order valence-electron chi connectivity index (χ4n) is 3.08. The van der Waals surface area contributed by atoms with Gasteiger partial charge in [0.2, 0.25) is 0 Å². The number of aryl methyl sites for hydroxylation is 1. The molecule has 0 saturated carbocycles. The van der Waals surface area contributed by atoms with Gasteiger partial charge in [0.25, 0.3) is 0 Å². The third-order valence-corrected chi connectivity index (χ3v) is 3.80. The van der Waals surface area contributed by atoms with Gasteiger partial charge in [-0.05, 0) is 55.0 Å². The highest BCUT2D eigenvalue weighted by Crippen LogP contribution is 2.35. The zero-order valence-electron chi connectivity index (χ0n) is 12.4. The molecule has 1 atom stereocenters. The van der Waals surface area contributed by atoms with E-state index in [0.717, 1.165) is 5.56 Å². The first-order valence-corrected chi connectivity index (χ1v) is 6.81. The van der Waals surface area contributed by atoms with Gasteiger partial charge in [-0.25, -0.2) is 4.39 Å². The van der Waals surface area contributed by atoms with Gasteiger partial charge < -0.3 is 5.32 Å². The lowest BCUT2D eigenvalue weighted by atomic mass is 9.76. The van der Waals surface area contributed by atoms with E-state index in [4.69, 9.17) is 0 Å². The Bertz CT molecular complexity index is 377. The number of hydrogen-bond acceptors (Lipinski definition) is 1. The van der Waals surface area contributed by atoms with Crippen LogP contribution in [0.3, 0.4) is 0 Å². The Morgan fingerprint density at radius 2 is 1.61 bits per heavy atom. The minimum atomic E-state index is -0.156. The van der Waals surface area contributed by atoms with E-state index in [1.54, 1.807) is 12.1 Å². The molecule has 0 spiro atoms. The Hall–Kier alpha value is -0.890. The summed E-state index contributed by atoms with van der Waals surface area (Å²) in [7, 11) is 1.99. The molecule has 1 unspecified atom stereocenters. The number of rotatable bonds is 5. The molecule has 18 heavy (non-hydrogen) atoms. The topological polar surface area (TPSA) is 12.0 Å². The second kappa shape index (κ2) is 6.33. The van der Waals surface area contributed by atoms with Gasteiger partial charge in [0, 0.05) is 6.04 Å². The predicted octanol–water partition coefficient (Wildman–Crippen LogP) is 4.32. The average molecular weight is 251 g/mol. The molecule has 0 aliphatic carbocycles. The van der Waals surface area contributed by atoms with Gasteiger partial charge in [-0.1, -0.05) is 33.8 Å². The van der Waals surface area contributed by atoms with E-state index in [9.17, 15) is 4.39 Å². The number of nitrogens with one attached hydrogen (secondary N) is 1. The van der Waals surface area contributed by atoms with Crippen molar-refractivity contribution < 1.29 is 4.39 Å².